The quantitative estimate of drug-likeness (QED) is 0.648. The number of benzene rings is 1. The fourth-order valence-corrected chi connectivity index (χ4v) is 1.41. The monoisotopic (exact) mass is 301 g/mol. The number of anilines is 1. The van der Waals surface area contributed by atoms with Gasteiger partial charge in [-0.25, -0.2) is 18.4 Å². The van der Waals surface area contributed by atoms with Gasteiger partial charge in [-0.1, -0.05) is 0 Å². The molecule has 0 aliphatic carbocycles. The molecule has 21 heavy (non-hydrogen) atoms. The van der Waals surface area contributed by atoms with E-state index >= 15 is 0 Å². The molecule has 0 spiro atoms. The highest BCUT2D eigenvalue weighted by Gasteiger charge is 2.17. The van der Waals surface area contributed by atoms with Crippen LogP contribution in [0.2, 0.25) is 0 Å². The van der Waals surface area contributed by atoms with Gasteiger partial charge in [0.05, 0.1) is 17.8 Å². The van der Waals surface area contributed by atoms with E-state index in [-0.39, 0.29) is 6.54 Å². The Hall–Kier alpha value is -2.71. The maximum absolute atomic E-state index is 13.1. The minimum Gasteiger partial charge on any atom is -0.478 e. The zero-order valence-corrected chi connectivity index (χ0v) is 11.0. The summed E-state index contributed by atoms with van der Waals surface area (Å²) in [5.41, 5.74) is -1.03. The van der Waals surface area contributed by atoms with Crippen LogP contribution in [-0.2, 0) is 4.79 Å². The number of amides is 3. The van der Waals surface area contributed by atoms with Gasteiger partial charge in [0.2, 0.25) is 5.91 Å². The summed E-state index contributed by atoms with van der Waals surface area (Å²) in [5.74, 6) is -4.64. The van der Waals surface area contributed by atoms with E-state index in [0.717, 1.165) is 0 Å². The molecule has 0 radical (unpaired) electrons. The smallest absolute Gasteiger partial charge is 0.337 e. The number of carboxylic acids is 1. The number of urea groups is 1. The van der Waals surface area contributed by atoms with Crippen molar-refractivity contribution in [3.05, 3.63) is 29.3 Å². The van der Waals surface area contributed by atoms with Gasteiger partial charge in [0.1, 0.15) is 0 Å². The molecule has 0 saturated carbocycles. The predicted octanol–water partition coefficient (Wildman–Crippen LogP) is 0.921. The van der Waals surface area contributed by atoms with Gasteiger partial charge in [0, 0.05) is 12.6 Å². The van der Waals surface area contributed by atoms with E-state index in [1.165, 1.54) is 0 Å². The number of carbonyl (C=O) groups excluding carboxylic acids is 2. The van der Waals surface area contributed by atoms with Crippen LogP contribution in [0.3, 0.4) is 0 Å². The first-order valence-electron chi connectivity index (χ1n) is 5.89. The van der Waals surface area contributed by atoms with E-state index < -0.39 is 40.8 Å². The van der Waals surface area contributed by atoms with Crippen LogP contribution in [-0.4, -0.2) is 36.1 Å². The fraction of sp³-hybridized carbons (Fsp3) is 0.250. The van der Waals surface area contributed by atoms with Gasteiger partial charge in [0.25, 0.3) is 0 Å². The molecule has 1 aromatic carbocycles. The van der Waals surface area contributed by atoms with Crippen molar-refractivity contribution in [3.8, 4) is 0 Å². The van der Waals surface area contributed by atoms with Crippen molar-refractivity contribution >= 4 is 23.6 Å². The van der Waals surface area contributed by atoms with Crippen molar-refractivity contribution in [1.82, 2.24) is 10.6 Å². The van der Waals surface area contributed by atoms with Crippen molar-refractivity contribution in [2.45, 2.75) is 6.92 Å². The van der Waals surface area contributed by atoms with Gasteiger partial charge in [-0.3, -0.25) is 4.79 Å². The van der Waals surface area contributed by atoms with Gasteiger partial charge in [-0.2, -0.15) is 0 Å². The van der Waals surface area contributed by atoms with E-state index in [0.29, 0.717) is 18.7 Å². The Labute approximate surface area is 118 Å². The number of hydrogen-bond acceptors (Lipinski definition) is 3. The lowest BCUT2D eigenvalue weighted by Gasteiger charge is -2.10. The zero-order valence-electron chi connectivity index (χ0n) is 11.0. The summed E-state index contributed by atoms with van der Waals surface area (Å²) in [5, 5.41) is 15.5. The number of nitrogens with one attached hydrogen (secondary N) is 3. The maximum Gasteiger partial charge on any atom is 0.337 e. The fourth-order valence-electron chi connectivity index (χ4n) is 1.41. The molecule has 0 fully saturated rings. The molecule has 9 heteroatoms. The number of aromatic carboxylic acids is 1. The van der Waals surface area contributed by atoms with E-state index in [4.69, 9.17) is 5.11 Å². The van der Waals surface area contributed by atoms with E-state index in [1.807, 2.05) is 5.32 Å². The Morgan fingerprint density at radius 3 is 2.33 bits per heavy atom. The van der Waals surface area contributed by atoms with Crippen molar-refractivity contribution in [1.29, 1.82) is 0 Å². The van der Waals surface area contributed by atoms with Crippen molar-refractivity contribution < 1.29 is 28.3 Å². The van der Waals surface area contributed by atoms with Crippen LogP contribution in [0, 0.1) is 11.6 Å². The minimum absolute atomic E-state index is 0.342. The molecule has 1 rings (SSSR count). The molecule has 0 atom stereocenters. The molecule has 0 aliphatic heterocycles. The Balaban J connectivity index is 2.78. The van der Waals surface area contributed by atoms with Gasteiger partial charge in [0.15, 0.2) is 11.6 Å². The molecule has 0 saturated heterocycles. The number of likely N-dealkylation sites (N-methyl/N-ethyl adjacent to an activating group) is 1. The predicted molar refractivity (Wildman–Crippen MR) is 69.0 cm³/mol. The Morgan fingerprint density at radius 1 is 1.14 bits per heavy atom. The molecule has 0 bridgehead atoms. The van der Waals surface area contributed by atoms with E-state index in [1.54, 1.807) is 6.92 Å². The lowest BCUT2D eigenvalue weighted by atomic mass is 10.1. The zero-order chi connectivity index (χ0) is 16.0. The third-order valence-electron chi connectivity index (χ3n) is 2.32. The number of hydrogen-bond donors (Lipinski definition) is 4. The van der Waals surface area contributed by atoms with Crippen molar-refractivity contribution in [3.63, 3.8) is 0 Å². The molecule has 0 unspecified atom stereocenters. The number of carbonyl (C=O) groups is 3. The van der Waals surface area contributed by atoms with Crippen LogP contribution in [0.5, 0.6) is 0 Å². The topological polar surface area (TPSA) is 108 Å². The van der Waals surface area contributed by atoms with Crippen LogP contribution < -0.4 is 16.0 Å². The molecule has 1 aromatic rings. The minimum atomic E-state index is -1.53. The Kier molecular flexibility index (Phi) is 5.58. The number of carboxylic acid groups (broad SMARTS) is 1. The molecular weight excluding hydrogens is 288 g/mol. The first-order chi connectivity index (χ1) is 9.85. The highest BCUT2D eigenvalue weighted by Crippen LogP contribution is 2.20. The van der Waals surface area contributed by atoms with E-state index in [9.17, 15) is 23.2 Å². The summed E-state index contributed by atoms with van der Waals surface area (Å²) >= 11 is 0. The van der Waals surface area contributed by atoms with Gasteiger partial charge >= 0.3 is 12.0 Å². The summed E-state index contributed by atoms with van der Waals surface area (Å²) in [7, 11) is 0. The van der Waals surface area contributed by atoms with Crippen molar-refractivity contribution in [2.24, 2.45) is 0 Å². The molecule has 0 aliphatic rings. The van der Waals surface area contributed by atoms with Gasteiger partial charge in [-0.05, 0) is 13.0 Å². The Morgan fingerprint density at radius 2 is 1.76 bits per heavy atom. The van der Waals surface area contributed by atoms with Gasteiger partial charge in [-0.15, -0.1) is 0 Å². The molecule has 0 heterocycles. The lowest BCUT2D eigenvalue weighted by molar-refractivity contribution is -0.119. The molecule has 3 amide bonds. The van der Waals surface area contributed by atoms with E-state index in [2.05, 4.69) is 10.6 Å². The average molecular weight is 301 g/mol. The first-order valence-corrected chi connectivity index (χ1v) is 5.89. The average Bonchev–Trinajstić information content (AvgIpc) is 2.40. The largest absolute Gasteiger partial charge is 0.478 e. The second-order valence-electron chi connectivity index (χ2n) is 3.88. The van der Waals surface area contributed by atoms with Crippen LogP contribution >= 0.6 is 0 Å². The number of rotatable bonds is 5. The molecule has 0 aromatic heterocycles. The van der Waals surface area contributed by atoms with Crippen LogP contribution in [0.25, 0.3) is 0 Å². The van der Waals surface area contributed by atoms with Crippen LogP contribution in [0.15, 0.2) is 12.1 Å². The third kappa shape index (κ3) is 4.71. The SMILES string of the molecule is CCNC(=O)CNC(=O)Nc1cc(F)c(F)cc1C(=O)O. The Bertz CT molecular complexity index is 578. The second kappa shape index (κ2) is 7.17. The van der Waals surface area contributed by atoms with Crippen molar-refractivity contribution in [2.75, 3.05) is 18.4 Å². The first kappa shape index (κ1) is 16.3. The summed E-state index contributed by atoms with van der Waals surface area (Å²) in [6.45, 7) is 1.73. The summed E-state index contributed by atoms with van der Waals surface area (Å²) in [6.07, 6.45) is 0. The summed E-state index contributed by atoms with van der Waals surface area (Å²) in [6, 6.07) is 0.0800. The highest BCUT2D eigenvalue weighted by atomic mass is 19.2. The normalized spacial score (nSPS) is 9.86. The maximum atomic E-state index is 13.1. The highest BCUT2D eigenvalue weighted by molar-refractivity contribution is 6.00. The molecular formula is C12H13F2N3O4. The molecule has 4 N–H and O–H groups in total. The standard InChI is InChI=1S/C12H13F2N3O4/c1-2-15-10(18)5-16-12(21)17-9-4-8(14)7(13)3-6(9)11(19)20/h3-4H,2,5H2,1H3,(H,15,18)(H,19,20)(H2,16,17,21). The summed E-state index contributed by atoms with van der Waals surface area (Å²) < 4.78 is 26.1. The lowest BCUT2D eigenvalue weighted by Crippen LogP contribution is -2.39. The molecule has 7 nitrogen and oxygen atoms in total. The third-order valence-corrected chi connectivity index (χ3v) is 2.32. The van der Waals surface area contributed by atoms with Crippen LogP contribution in [0.4, 0.5) is 19.3 Å². The number of halogens is 2. The van der Waals surface area contributed by atoms with Gasteiger partial charge < -0.3 is 21.1 Å². The molecule has 114 valence electrons. The van der Waals surface area contributed by atoms with Crippen LogP contribution in [0.1, 0.15) is 17.3 Å². The summed E-state index contributed by atoms with van der Waals surface area (Å²) in [4.78, 5) is 33.5. The second-order valence-corrected chi connectivity index (χ2v) is 3.88.